The van der Waals surface area contributed by atoms with Crippen LogP contribution < -0.4 is 0 Å². The van der Waals surface area contributed by atoms with E-state index < -0.39 is 0 Å². The molecule has 1 N–H and O–H groups in total. The Labute approximate surface area is 131 Å². The third-order valence-corrected chi connectivity index (χ3v) is 5.77. The Kier molecular flexibility index (Phi) is 2.30. The van der Waals surface area contributed by atoms with Crippen LogP contribution in [0.25, 0.3) is 16.5 Å². The standard InChI is InChI=1S/C21H21N/c1-21(2)17-9-5-3-7-13(17)15-11-12-16-14-8-4-6-10-18(14)22-20(16)19(15)21/h4,6-10,22H,3,5,11-12H2,1-2H3. The Balaban J connectivity index is 1.84. The van der Waals surface area contributed by atoms with Crippen LogP contribution >= 0.6 is 0 Å². The highest BCUT2D eigenvalue weighted by Crippen LogP contribution is 2.58. The van der Waals surface area contributed by atoms with Crippen LogP contribution in [0.4, 0.5) is 0 Å². The molecule has 110 valence electrons. The highest BCUT2D eigenvalue weighted by molar-refractivity contribution is 5.96. The normalized spacial score (nSPS) is 22.1. The number of hydrogen-bond donors (Lipinski definition) is 1. The zero-order valence-electron chi connectivity index (χ0n) is 13.3. The molecule has 1 heteroatoms. The molecule has 0 fully saturated rings. The first-order valence-electron chi connectivity index (χ1n) is 8.43. The van der Waals surface area contributed by atoms with E-state index in [0.29, 0.717) is 0 Å². The van der Waals surface area contributed by atoms with Crippen LogP contribution in [-0.2, 0) is 6.42 Å². The third-order valence-electron chi connectivity index (χ3n) is 5.77. The number of aryl methyl sites for hydroxylation is 1. The molecule has 5 rings (SSSR count). The van der Waals surface area contributed by atoms with Gasteiger partial charge in [0.2, 0.25) is 0 Å². The Morgan fingerprint density at radius 2 is 1.82 bits per heavy atom. The first-order valence-corrected chi connectivity index (χ1v) is 8.43. The van der Waals surface area contributed by atoms with E-state index in [9.17, 15) is 0 Å². The number of para-hydroxylation sites is 1. The molecular formula is C21H21N. The monoisotopic (exact) mass is 287 g/mol. The van der Waals surface area contributed by atoms with Crippen LogP contribution in [0, 0.1) is 5.41 Å². The number of hydrogen-bond acceptors (Lipinski definition) is 0. The number of fused-ring (bicyclic) bond motifs is 6. The average Bonchev–Trinajstić information content (AvgIpc) is 3.02. The maximum Gasteiger partial charge on any atom is 0.0468 e. The molecule has 1 aromatic heterocycles. The molecule has 1 nitrogen and oxygen atoms in total. The lowest BCUT2D eigenvalue weighted by Gasteiger charge is -2.27. The van der Waals surface area contributed by atoms with Gasteiger partial charge in [-0.25, -0.2) is 0 Å². The zero-order chi connectivity index (χ0) is 14.9. The van der Waals surface area contributed by atoms with Crippen LogP contribution in [0.5, 0.6) is 0 Å². The molecule has 1 aromatic carbocycles. The predicted octanol–water partition coefficient (Wildman–Crippen LogP) is 5.55. The summed E-state index contributed by atoms with van der Waals surface area (Å²) >= 11 is 0. The molecule has 0 unspecified atom stereocenters. The molecule has 2 aromatic rings. The molecule has 1 heterocycles. The van der Waals surface area contributed by atoms with E-state index in [1.54, 1.807) is 22.3 Å². The molecule has 0 spiro atoms. The lowest BCUT2D eigenvalue weighted by molar-refractivity contribution is 0.616. The van der Waals surface area contributed by atoms with Crippen LogP contribution in [0.3, 0.4) is 0 Å². The molecular weight excluding hydrogens is 266 g/mol. The molecule has 22 heavy (non-hydrogen) atoms. The second-order valence-electron chi connectivity index (χ2n) is 7.32. The van der Waals surface area contributed by atoms with Gasteiger partial charge in [0.05, 0.1) is 0 Å². The van der Waals surface area contributed by atoms with Crippen molar-refractivity contribution in [2.24, 2.45) is 5.41 Å². The van der Waals surface area contributed by atoms with E-state index in [1.807, 2.05) is 0 Å². The summed E-state index contributed by atoms with van der Waals surface area (Å²) in [5.74, 6) is 0. The topological polar surface area (TPSA) is 15.8 Å². The minimum atomic E-state index is 0.137. The van der Waals surface area contributed by atoms with Crippen molar-refractivity contribution >= 4 is 16.5 Å². The summed E-state index contributed by atoms with van der Waals surface area (Å²) in [6, 6.07) is 8.76. The van der Waals surface area contributed by atoms with Gasteiger partial charge in [0.1, 0.15) is 0 Å². The number of rotatable bonds is 0. The van der Waals surface area contributed by atoms with Gasteiger partial charge in [-0.15, -0.1) is 0 Å². The second kappa shape index (κ2) is 4.04. The van der Waals surface area contributed by atoms with Crippen LogP contribution in [0.15, 0.2) is 53.1 Å². The Hall–Kier alpha value is -2.02. The van der Waals surface area contributed by atoms with E-state index in [4.69, 9.17) is 0 Å². The number of allylic oxidation sites excluding steroid dienone is 6. The summed E-state index contributed by atoms with van der Waals surface area (Å²) in [5, 5.41) is 1.41. The zero-order valence-corrected chi connectivity index (χ0v) is 13.3. The van der Waals surface area contributed by atoms with E-state index in [-0.39, 0.29) is 5.41 Å². The van der Waals surface area contributed by atoms with E-state index in [0.717, 1.165) is 0 Å². The largest absolute Gasteiger partial charge is 0.355 e. The van der Waals surface area contributed by atoms with Gasteiger partial charge in [0, 0.05) is 22.0 Å². The SMILES string of the molecule is CC1(C)C2=CCCC=C2C2=C1c1[nH]c3ccccc3c1CC2. The molecule has 0 atom stereocenters. The smallest absolute Gasteiger partial charge is 0.0468 e. The molecule has 0 aliphatic heterocycles. The summed E-state index contributed by atoms with van der Waals surface area (Å²) in [4.78, 5) is 3.74. The number of benzene rings is 1. The molecule has 0 bridgehead atoms. The fourth-order valence-electron chi connectivity index (χ4n) is 4.85. The van der Waals surface area contributed by atoms with Gasteiger partial charge in [-0.1, -0.05) is 44.2 Å². The summed E-state index contributed by atoms with van der Waals surface area (Å²) in [7, 11) is 0. The molecule has 3 aliphatic carbocycles. The van der Waals surface area contributed by atoms with Gasteiger partial charge < -0.3 is 4.98 Å². The molecule has 3 aliphatic rings. The van der Waals surface area contributed by atoms with Crippen LogP contribution in [0.2, 0.25) is 0 Å². The first-order chi connectivity index (χ1) is 10.7. The van der Waals surface area contributed by atoms with Crippen molar-refractivity contribution in [3.05, 3.63) is 64.4 Å². The van der Waals surface area contributed by atoms with Crippen molar-refractivity contribution in [1.29, 1.82) is 0 Å². The van der Waals surface area contributed by atoms with Gasteiger partial charge in [-0.05, 0) is 59.6 Å². The van der Waals surface area contributed by atoms with Crippen molar-refractivity contribution in [3.8, 4) is 0 Å². The molecule has 0 amide bonds. The minimum absolute atomic E-state index is 0.137. The van der Waals surface area contributed by atoms with Crippen LogP contribution in [0.1, 0.15) is 44.4 Å². The van der Waals surface area contributed by atoms with Crippen molar-refractivity contribution in [2.75, 3.05) is 0 Å². The van der Waals surface area contributed by atoms with Gasteiger partial charge in [-0.2, -0.15) is 0 Å². The maximum absolute atomic E-state index is 3.74. The number of aromatic nitrogens is 1. The van der Waals surface area contributed by atoms with Gasteiger partial charge in [0.25, 0.3) is 0 Å². The van der Waals surface area contributed by atoms with Gasteiger partial charge in [-0.3, -0.25) is 0 Å². The summed E-state index contributed by atoms with van der Waals surface area (Å²) < 4.78 is 0. The van der Waals surface area contributed by atoms with Gasteiger partial charge in [0.15, 0.2) is 0 Å². The van der Waals surface area contributed by atoms with Crippen molar-refractivity contribution in [2.45, 2.75) is 39.5 Å². The summed E-state index contributed by atoms with van der Waals surface area (Å²) in [5.41, 5.74) is 10.6. The fourth-order valence-corrected chi connectivity index (χ4v) is 4.85. The van der Waals surface area contributed by atoms with Crippen molar-refractivity contribution < 1.29 is 0 Å². The minimum Gasteiger partial charge on any atom is -0.355 e. The highest BCUT2D eigenvalue weighted by atomic mass is 14.7. The van der Waals surface area contributed by atoms with Crippen molar-refractivity contribution in [1.82, 2.24) is 4.98 Å². The summed E-state index contributed by atoms with van der Waals surface area (Å²) in [6.07, 6.45) is 9.71. The van der Waals surface area contributed by atoms with E-state index in [1.165, 1.54) is 47.8 Å². The number of H-pyrrole nitrogens is 1. The lowest BCUT2D eigenvalue weighted by Crippen LogP contribution is -2.15. The first kappa shape index (κ1) is 12.5. The van der Waals surface area contributed by atoms with E-state index >= 15 is 0 Å². The third kappa shape index (κ3) is 1.39. The Bertz CT molecular complexity index is 899. The average molecular weight is 287 g/mol. The van der Waals surface area contributed by atoms with Crippen LogP contribution in [-0.4, -0.2) is 4.98 Å². The quantitative estimate of drug-likeness (QED) is 0.653. The Morgan fingerprint density at radius 3 is 2.73 bits per heavy atom. The maximum atomic E-state index is 3.74. The van der Waals surface area contributed by atoms with Gasteiger partial charge >= 0.3 is 0 Å². The number of nitrogens with one attached hydrogen (secondary N) is 1. The summed E-state index contributed by atoms with van der Waals surface area (Å²) in [6.45, 7) is 4.81. The Morgan fingerprint density at radius 1 is 1.00 bits per heavy atom. The molecule has 0 radical (unpaired) electrons. The molecule has 0 saturated heterocycles. The number of aromatic amines is 1. The lowest BCUT2D eigenvalue weighted by atomic mass is 9.76. The predicted molar refractivity (Wildman–Crippen MR) is 92.7 cm³/mol. The molecule has 0 saturated carbocycles. The van der Waals surface area contributed by atoms with E-state index in [2.05, 4.69) is 55.2 Å². The second-order valence-corrected chi connectivity index (χ2v) is 7.32. The highest BCUT2D eigenvalue weighted by Gasteiger charge is 2.44. The fraction of sp³-hybridized carbons (Fsp3) is 0.333. The van der Waals surface area contributed by atoms with Crippen molar-refractivity contribution in [3.63, 3.8) is 0 Å².